The van der Waals surface area contributed by atoms with Crippen LogP contribution in [0.3, 0.4) is 0 Å². The number of anilines is 3. The highest BCUT2D eigenvalue weighted by molar-refractivity contribution is 6.28. The van der Waals surface area contributed by atoms with Crippen LogP contribution >= 0.6 is 0 Å². The van der Waals surface area contributed by atoms with Gasteiger partial charge in [-0.1, -0.05) is 127 Å². The minimum Gasteiger partial charge on any atom is -0.309 e. The van der Waals surface area contributed by atoms with Crippen molar-refractivity contribution in [2.75, 3.05) is 4.90 Å². The van der Waals surface area contributed by atoms with Gasteiger partial charge in [0.1, 0.15) is 0 Å². The number of para-hydroxylation sites is 5. The second-order valence-corrected chi connectivity index (χ2v) is 13.4. The van der Waals surface area contributed by atoms with E-state index < -0.39 is 0 Å². The van der Waals surface area contributed by atoms with Gasteiger partial charge in [0.25, 0.3) is 0 Å². The van der Waals surface area contributed by atoms with E-state index in [0.29, 0.717) is 0 Å². The first-order valence-electron chi connectivity index (χ1n) is 17.5. The molecule has 11 rings (SSSR count). The van der Waals surface area contributed by atoms with E-state index in [1.807, 2.05) is 0 Å². The monoisotopic (exact) mass is 649 g/mol. The van der Waals surface area contributed by atoms with E-state index in [0.717, 1.165) is 17.1 Å². The van der Waals surface area contributed by atoms with Crippen molar-refractivity contribution in [1.82, 2.24) is 9.13 Å². The number of fused-ring (bicyclic) bond motifs is 9. The zero-order valence-corrected chi connectivity index (χ0v) is 27.7. The summed E-state index contributed by atoms with van der Waals surface area (Å²) >= 11 is 0. The van der Waals surface area contributed by atoms with E-state index in [9.17, 15) is 0 Å². The highest BCUT2D eigenvalue weighted by Crippen LogP contribution is 2.52. The smallest absolute Gasteiger partial charge is 0.0783 e. The van der Waals surface area contributed by atoms with Crippen molar-refractivity contribution in [3.8, 4) is 33.6 Å². The number of rotatable bonds is 4. The molecular weight excluding hydrogens is 619 g/mol. The molecule has 0 unspecified atom stereocenters. The third-order valence-corrected chi connectivity index (χ3v) is 10.6. The molecule has 238 valence electrons. The number of aromatic nitrogens is 2. The molecule has 0 saturated heterocycles. The van der Waals surface area contributed by atoms with Crippen LogP contribution in [-0.2, 0) is 0 Å². The standard InChI is InChI=1S/C48H31N3/c1-4-15-32(16-5-1)34-29-35(33-17-6-2-7-18-33)31-37(30-34)50-42-24-12-13-25-43(42)51-47-38(22-14-26-45(47)50)39-27-28-44-46(48(39)51)40-21-10-11-23-41(40)49(44)36-19-8-3-9-20-36/h1-31H. The van der Waals surface area contributed by atoms with Crippen molar-refractivity contribution in [3.05, 3.63) is 188 Å². The third kappa shape index (κ3) is 4.06. The summed E-state index contributed by atoms with van der Waals surface area (Å²) in [6, 6.07) is 68.4. The summed E-state index contributed by atoms with van der Waals surface area (Å²) in [7, 11) is 0. The van der Waals surface area contributed by atoms with E-state index in [1.54, 1.807) is 0 Å². The summed E-state index contributed by atoms with van der Waals surface area (Å²) in [6.45, 7) is 0. The summed E-state index contributed by atoms with van der Waals surface area (Å²) in [6.07, 6.45) is 0. The Kier molecular flexibility index (Phi) is 5.96. The van der Waals surface area contributed by atoms with Crippen LogP contribution in [0.1, 0.15) is 0 Å². The molecule has 3 nitrogen and oxygen atoms in total. The predicted molar refractivity (Wildman–Crippen MR) is 214 cm³/mol. The van der Waals surface area contributed by atoms with Gasteiger partial charge in [-0.2, -0.15) is 0 Å². The lowest BCUT2D eigenvalue weighted by atomic mass is 9.97. The largest absolute Gasteiger partial charge is 0.309 e. The maximum absolute atomic E-state index is 2.54. The third-order valence-electron chi connectivity index (χ3n) is 10.6. The highest BCUT2D eigenvalue weighted by atomic mass is 15.2. The van der Waals surface area contributed by atoms with E-state index in [2.05, 4.69) is 202 Å². The summed E-state index contributed by atoms with van der Waals surface area (Å²) in [5, 5.41) is 5.04. The topological polar surface area (TPSA) is 13.1 Å². The van der Waals surface area contributed by atoms with E-state index in [4.69, 9.17) is 0 Å². The van der Waals surface area contributed by atoms with Crippen LogP contribution in [0, 0.1) is 0 Å². The number of nitrogens with zero attached hydrogens (tertiary/aromatic N) is 3. The minimum absolute atomic E-state index is 1.14. The van der Waals surface area contributed by atoms with Crippen LogP contribution in [0.2, 0.25) is 0 Å². The Balaban J connectivity index is 1.25. The van der Waals surface area contributed by atoms with Gasteiger partial charge in [-0.25, -0.2) is 0 Å². The Morgan fingerprint density at radius 3 is 1.59 bits per heavy atom. The van der Waals surface area contributed by atoms with Gasteiger partial charge in [0, 0.05) is 32.9 Å². The fraction of sp³-hybridized carbons (Fsp3) is 0. The Morgan fingerprint density at radius 2 is 0.863 bits per heavy atom. The van der Waals surface area contributed by atoms with Crippen LogP contribution in [-0.4, -0.2) is 9.13 Å². The number of hydrogen-bond acceptors (Lipinski definition) is 1. The zero-order chi connectivity index (χ0) is 33.5. The van der Waals surface area contributed by atoms with Gasteiger partial charge in [-0.3, -0.25) is 0 Å². The van der Waals surface area contributed by atoms with E-state index >= 15 is 0 Å². The first kappa shape index (κ1) is 28.0. The summed E-state index contributed by atoms with van der Waals surface area (Å²) in [5.74, 6) is 0. The van der Waals surface area contributed by atoms with Crippen molar-refractivity contribution in [2.45, 2.75) is 0 Å². The average Bonchev–Trinajstić information content (AvgIpc) is 3.73. The van der Waals surface area contributed by atoms with Crippen LogP contribution in [0.25, 0.3) is 77.2 Å². The molecule has 3 heterocycles. The molecule has 0 aliphatic carbocycles. The lowest BCUT2D eigenvalue weighted by molar-refractivity contribution is 1.12. The first-order chi connectivity index (χ1) is 25.3. The van der Waals surface area contributed by atoms with Gasteiger partial charge in [-0.15, -0.1) is 0 Å². The molecule has 0 N–H and O–H groups in total. The lowest BCUT2D eigenvalue weighted by Gasteiger charge is -2.33. The number of benzene rings is 8. The Bertz CT molecular complexity index is 2900. The lowest BCUT2D eigenvalue weighted by Crippen LogP contribution is -2.18. The molecule has 0 radical (unpaired) electrons. The summed E-state index contributed by atoms with van der Waals surface area (Å²) in [5.41, 5.74) is 15.5. The maximum Gasteiger partial charge on any atom is 0.0783 e. The van der Waals surface area contributed by atoms with E-state index in [-0.39, 0.29) is 0 Å². The second kappa shape index (κ2) is 10.8. The van der Waals surface area contributed by atoms with Gasteiger partial charge in [0.2, 0.25) is 0 Å². The molecule has 51 heavy (non-hydrogen) atoms. The van der Waals surface area contributed by atoms with Crippen molar-refractivity contribution in [3.63, 3.8) is 0 Å². The van der Waals surface area contributed by atoms with Gasteiger partial charge in [0.15, 0.2) is 0 Å². The molecule has 2 aromatic heterocycles. The summed E-state index contributed by atoms with van der Waals surface area (Å²) < 4.78 is 4.95. The molecule has 0 atom stereocenters. The maximum atomic E-state index is 2.54. The molecule has 0 saturated carbocycles. The molecule has 1 aliphatic rings. The van der Waals surface area contributed by atoms with Crippen LogP contribution < -0.4 is 4.90 Å². The summed E-state index contributed by atoms with van der Waals surface area (Å²) in [4.78, 5) is 2.47. The van der Waals surface area contributed by atoms with Gasteiger partial charge >= 0.3 is 0 Å². The van der Waals surface area contributed by atoms with E-state index in [1.165, 1.54) is 77.2 Å². The van der Waals surface area contributed by atoms with Gasteiger partial charge in [-0.05, 0) is 82.9 Å². The van der Waals surface area contributed by atoms with Crippen LogP contribution in [0.5, 0.6) is 0 Å². The fourth-order valence-electron chi connectivity index (χ4n) is 8.45. The Morgan fingerprint density at radius 1 is 0.294 bits per heavy atom. The molecule has 0 spiro atoms. The Labute approximate surface area is 295 Å². The molecule has 3 heteroatoms. The molecule has 0 bridgehead atoms. The van der Waals surface area contributed by atoms with Crippen LogP contribution in [0.15, 0.2) is 188 Å². The molecule has 1 aliphatic heterocycles. The first-order valence-corrected chi connectivity index (χ1v) is 17.5. The quantitative estimate of drug-likeness (QED) is 0.185. The average molecular weight is 650 g/mol. The van der Waals surface area contributed by atoms with Crippen molar-refractivity contribution >= 4 is 60.7 Å². The predicted octanol–water partition coefficient (Wildman–Crippen LogP) is 13.0. The zero-order valence-electron chi connectivity index (χ0n) is 27.7. The number of hydrogen-bond donors (Lipinski definition) is 0. The SMILES string of the molecule is c1ccc(-c2cc(-c3ccccc3)cc(N3c4ccccc4-n4c5c3cccc5c3ccc5c(c6ccccc6n5-c5ccccc5)c34)c2)cc1. The molecule has 10 aromatic rings. The molecule has 0 fully saturated rings. The highest BCUT2D eigenvalue weighted by Gasteiger charge is 2.30. The Hall–Kier alpha value is -6.84. The van der Waals surface area contributed by atoms with Crippen molar-refractivity contribution in [1.29, 1.82) is 0 Å². The van der Waals surface area contributed by atoms with Gasteiger partial charge < -0.3 is 14.0 Å². The molecule has 8 aromatic carbocycles. The minimum atomic E-state index is 1.14. The van der Waals surface area contributed by atoms with Crippen molar-refractivity contribution in [2.24, 2.45) is 0 Å². The van der Waals surface area contributed by atoms with Crippen molar-refractivity contribution < 1.29 is 0 Å². The second-order valence-electron chi connectivity index (χ2n) is 13.4. The molecular formula is C48H31N3. The fourth-order valence-corrected chi connectivity index (χ4v) is 8.45. The van der Waals surface area contributed by atoms with Crippen LogP contribution in [0.4, 0.5) is 17.1 Å². The normalized spacial score (nSPS) is 12.3. The molecule has 0 amide bonds. The van der Waals surface area contributed by atoms with Gasteiger partial charge in [0.05, 0.1) is 39.1 Å².